The van der Waals surface area contributed by atoms with Crippen molar-refractivity contribution in [1.29, 1.82) is 0 Å². The number of aromatic amines is 1. The van der Waals surface area contributed by atoms with Crippen molar-refractivity contribution in [3.05, 3.63) is 11.6 Å². The van der Waals surface area contributed by atoms with Gasteiger partial charge in [-0.1, -0.05) is 0 Å². The van der Waals surface area contributed by atoms with Crippen LogP contribution in [0.15, 0.2) is 0 Å². The zero-order chi connectivity index (χ0) is 12.3. The van der Waals surface area contributed by atoms with Gasteiger partial charge < -0.3 is 10.6 Å². The van der Waals surface area contributed by atoms with E-state index in [4.69, 9.17) is 5.73 Å². The van der Waals surface area contributed by atoms with Crippen LogP contribution in [0.4, 0.5) is 0 Å². The van der Waals surface area contributed by atoms with E-state index in [0.717, 1.165) is 0 Å². The molecule has 0 atom stereocenters. The van der Waals surface area contributed by atoms with Gasteiger partial charge in [0.2, 0.25) is 11.7 Å². The Morgan fingerprint density at radius 2 is 2.12 bits per heavy atom. The highest BCUT2D eigenvalue weighted by Gasteiger charge is 2.23. The molecule has 0 aliphatic heterocycles. The second-order valence-electron chi connectivity index (χ2n) is 3.74. The Bertz CT molecular complexity index is 398. The predicted octanol–water partition coefficient (Wildman–Crippen LogP) is -0.551. The van der Waals surface area contributed by atoms with Crippen molar-refractivity contribution in [2.75, 3.05) is 6.54 Å². The molecule has 0 bridgehead atoms. The lowest BCUT2D eigenvalue weighted by Gasteiger charge is -2.23. The summed E-state index contributed by atoms with van der Waals surface area (Å²) < 4.78 is 0. The summed E-state index contributed by atoms with van der Waals surface area (Å²) in [5, 5.41) is 6.32. The summed E-state index contributed by atoms with van der Waals surface area (Å²) in [6.07, 6.45) is 0. The number of nitrogens with zero attached hydrogens (tertiary/aromatic N) is 3. The Morgan fingerprint density at radius 3 is 2.50 bits per heavy atom. The van der Waals surface area contributed by atoms with Gasteiger partial charge >= 0.3 is 0 Å². The summed E-state index contributed by atoms with van der Waals surface area (Å²) in [6, 6.07) is -0.140. The normalized spacial score (nSPS) is 10.5. The van der Waals surface area contributed by atoms with Gasteiger partial charge in [-0.15, -0.1) is 5.10 Å². The molecule has 0 saturated carbocycles. The van der Waals surface area contributed by atoms with E-state index in [1.54, 1.807) is 20.8 Å². The van der Waals surface area contributed by atoms with Crippen molar-refractivity contribution in [3.63, 3.8) is 0 Å². The predicted molar refractivity (Wildman–Crippen MR) is 56.5 cm³/mol. The number of rotatable bonds is 4. The minimum Gasteiger partial charge on any atom is -0.368 e. The number of primary amides is 1. The highest BCUT2D eigenvalue weighted by atomic mass is 16.2. The first-order valence-corrected chi connectivity index (χ1v) is 4.90. The van der Waals surface area contributed by atoms with Crippen LogP contribution >= 0.6 is 0 Å². The third kappa shape index (κ3) is 2.78. The molecule has 0 radical (unpaired) electrons. The summed E-state index contributed by atoms with van der Waals surface area (Å²) in [7, 11) is 0. The summed E-state index contributed by atoms with van der Waals surface area (Å²) in [6.45, 7) is 5.14. The number of carbonyl (C=O) groups is 2. The second kappa shape index (κ2) is 4.73. The first-order chi connectivity index (χ1) is 7.41. The molecule has 3 N–H and O–H groups in total. The van der Waals surface area contributed by atoms with E-state index in [1.165, 1.54) is 4.90 Å². The number of aryl methyl sites for hydroxylation is 1. The van der Waals surface area contributed by atoms with E-state index in [1.807, 2.05) is 0 Å². The van der Waals surface area contributed by atoms with E-state index in [0.29, 0.717) is 5.82 Å². The largest absolute Gasteiger partial charge is 0.368 e. The lowest BCUT2D eigenvalue weighted by atomic mass is 10.3. The molecule has 0 saturated heterocycles. The van der Waals surface area contributed by atoms with Crippen LogP contribution in [-0.4, -0.2) is 44.5 Å². The molecule has 16 heavy (non-hydrogen) atoms. The maximum atomic E-state index is 11.9. The molecular weight excluding hydrogens is 210 g/mol. The molecule has 0 unspecified atom stereocenters. The lowest BCUT2D eigenvalue weighted by Crippen LogP contribution is -2.43. The smallest absolute Gasteiger partial charge is 0.294 e. The highest BCUT2D eigenvalue weighted by molar-refractivity contribution is 5.93. The number of nitrogens with one attached hydrogen (secondary N) is 1. The SMILES string of the molecule is Cc1nc(C(=O)N(CC(N)=O)C(C)C)n[nH]1. The minimum atomic E-state index is -0.561. The second-order valence-corrected chi connectivity index (χ2v) is 3.74. The molecule has 7 heteroatoms. The molecule has 88 valence electrons. The van der Waals surface area contributed by atoms with Gasteiger partial charge in [-0.3, -0.25) is 14.7 Å². The molecule has 0 spiro atoms. The number of H-pyrrole nitrogens is 1. The number of aromatic nitrogens is 3. The van der Waals surface area contributed by atoms with Crippen molar-refractivity contribution in [3.8, 4) is 0 Å². The monoisotopic (exact) mass is 225 g/mol. The maximum absolute atomic E-state index is 11.9. The molecule has 0 fully saturated rings. The Kier molecular flexibility index (Phi) is 3.60. The number of hydrogen-bond acceptors (Lipinski definition) is 4. The minimum absolute atomic E-state index is 0.0486. The van der Waals surface area contributed by atoms with Crippen molar-refractivity contribution in [1.82, 2.24) is 20.1 Å². The lowest BCUT2D eigenvalue weighted by molar-refractivity contribution is -0.119. The molecule has 0 aliphatic carbocycles. The van der Waals surface area contributed by atoms with E-state index in [-0.39, 0.29) is 18.4 Å². The van der Waals surface area contributed by atoms with E-state index >= 15 is 0 Å². The summed E-state index contributed by atoms with van der Waals surface area (Å²) in [5.74, 6) is -0.369. The number of amides is 2. The van der Waals surface area contributed by atoms with Gasteiger partial charge in [0.25, 0.3) is 5.91 Å². The van der Waals surface area contributed by atoms with Crippen LogP contribution in [0.5, 0.6) is 0 Å². The molecule has 7 nitrogen and oxygen atoms in total. The fraction of sp³-hybridized carbons (Fsp3) is 0.556. The molecule has 2 amide bonds. The molecule has 1 aromatic rings. The third-order valence-corrected chi connectivity index (χ3v) is 2.00. The van der Waals surface area contributed by atoms with E-state index in [2.05, 4.69) is 15.2 Å². The van der Waals surface area contributed by atoms with Gasteiger partial charge in [0, 0.05) is 6.04 Å². The Hall–Kier alpha value is -1.92. The Labute approximate surface area is 93.0 Å². The summed E-state index contributed by atoms with van der Waals surface area (Å²) in [4.78, 5) is 28.0. The zero-order valence-corrected chi connectivity index (χ0v) is 9.52. The average Bonchev–Trinajstić information content (AvgIpc) is 2.59. The van der Waals surface area contributed by atoms with Crippen LogP contribution in [0.2, 0.25) is 0 Å². The van der Waals surface area contributed by atoms with Crippen molar-refractivity contribution in [2.45, 2.75) is 26.8 Å². The molecule has 0 aromatic carbocycles. The summed E-state index contributed by atoms with van der Waals surface area (Å²) in [5.41, 5.74) is 5.07. The number of carbonyl (C=O) groups excluding carboxylic acids is 2. The Morgan fingerprint density at radius 1 is 1.50 bits per heavy atom. The number of hydrogen-bond donors (Lipinski definition) is 2. The van der Waals surface area contributed by atoms with Crippen LogP contribution in [0.1, 0.15) is 30.3 Å². The average molecular weight is 225 g/mol. The fourth-order valence-electron chi connectivity index (χ4n) is 1.22. The highest BCUT2D eigenvalue weighted by Crippen LogP contribution is 2.04. The first kappa shape index (κ1) is 12.2. The third-order valence-electron chi connectivity index (χ3n) is 2.00. The topological polar surface area (TPSA) is 105 Å². The van der Waals surface area contributed by atoms with E-state index < -0.39 is 11.8 Å². The van der Waals surface area contributed by atoms with Gasteiger partial charge in [0.15, 0.2) is 0 Å². The van der Waals surface area contributed by atoms with Crippen molar-refractivity contribution >= 4 is 11.8 Å². The molecule has 1 aromatic heterocycles. The molecule has 1 rings (SSSR count). The number of nitrogens with two attached hydrogens (primary N) is 1. The van der Waals surface area contributed by atoms with E-state index in [9.17, 15) is 9.59 Å². The quantitative estimate of drug-likeness (QED) is 0.717. The maximum Gasteiger partial charge on any atom is 0.294 e. The zero-order valence-electron chi connectivity index (χ0n) is 9.52. The van der Waals surface area contributed by atoms with Crippen LogP contribution < -0.4 is 5.73 Å². The first-order valence-electron chi connectivity index (χ1n) is 4.90. The van der Waals surface area contributed by atoms with Crippen molar-refractivity contribution in [2.24, 2.45) is 5.73 Å². The Balaban J connectivity index is 2.87. The van der Waals surface area contributed by atoms with Crippen LogP contribution in [0.25, 0.3) is 0 Å². The molecular formula is C9H15N5O2. The van der Waals surface area contributed by atoms with Crippen molar-refractivity contribution < 1.29 is 9.59 Å². The van der Waals surface area contributed by atoms with Gasteiger partial charge in [0.1, 0.15) is 5.82 Å². The fourth-order valence-corrected chi connectivity index (χ4v) is 1.22. The molecule has 0 aliphatic rings. The summed E-state index contributed by atoms with van der Waals surface area (Å²) >= 11 is 0. The molecule has 1 heterocycles. The van der Waals surface area contributed by atoms with Crippen LogP contribution in [0.3, 0.4) is 0 Å². The van der Waals surface area contributed by atoms with Gasteiger partial charge in [-0.2, -0.15) is 0 Å². The van der Waals surface area contributed by atoms with Crippen LogP contribution in [-0.2, 0) is 4.79 Å². The standard InChI is InChI=1S/C9H15N5O2/c1-5(2)14(4-7(10)15)9(16)8-11-6(3)12-13-8/h5H,4H2,1-3H3,(H2,10,15)(H,11,12,13). The van der Waals surface area contributed by atoms with Gasteiger partial charge in [0.05, 0.1) is 6.54 Å². The van der Waals surface area contributed by atoms with Crippen LogP contribution in [0, 0.1) is 6.92 Å². The van der Waals surface area contributed by atoms with Gasteiger partial charge in [-0.25, -0.2) is 4.98 Å². The van der Waals surface area contributed by atoms with Gasteiger partial charge in [-0.05, 0) is 20.8 Å².